The molecule has 16 heavy (non-hydrogen) atoms. The monoisotopic (exact) mass is 250 g/mol. The van der Waals surface area contributed by atoms with Gasteiger partial charge >= 0.3 is 0 Å². The molecule has 0 saturated carbocycles. The zero-order valence-corrected chi connectivity index (χ0v) is 11.8. The number of aliphatic hydroxyl groups is 1. The molecule has 0 aromatic rings. The van der Waals surface area contributed by atoms with Gasteiger partial charge in [-0.15, -0.1) is 0 Å². The van der Waals surface area contributed by atoms with Crippen LogP contribution < -0.4 is 0 Å². The fraction of sp³-hybridized carbons (Fsp3) is 1.00. The summed E-state index contributed by atoms with van der Waals surface area (Å²) in [5.41, 5.74) is 0. The van der Waals surface area contributed by atoms with Crippen molar-refractivity contribution in [3.05, 3.63) is 0 Å². The summed E-state index contributed by atoms with van der Waals surface area (Å²) < 4.78 is 10.8. The van der Waals surface area contributed by atoms with Gasteiger partial charge in [0.2, 0.25) is 8.03 Å². The number of unbranched alkanes of at least 4 members (excludes halogenated alkanes) is 2. The average Bonchev–Trinajstić information content (AvgIpc) is 2.21. The third-order valence-electron chi connectivity index (χ3n) is 3.12. The van der Waals surface area contributed by atoms with Crippen LogP contribution in [0.25, 0.3) is 0 Å². The third kappa shape index (κ3) is 7.43. The van der Waals surface area contributed by atoms with Crippen LogP contribution in [0.2, 0.25) is 0 Å². The summed E-state index contributed by atoms with van der Waals surface area (Å²) in [6.45, 7) is 5.90. The molecule has 0 amide bonds. The Morgan fingerprint density at radius 2 is 1.81 bits per heavy atom. The smallest absolute Gasteiger partial charge is 0.219 e. The van der Waals surface area contributed by atoms with Crippen LogP contribution in [-0.2, 0) is 4.57 Å². The van der Waals surface area contributed by atoms with E-state index in [1.54, 1.807) is 0 Å². The largest absolute Gasteiger partial charge is 0.380 e. The van der Waals surface area contributed by atoms with Crippen molar-refractivity contribution in [3.8, 4) is 0 Å². The highest BCUT2D eigenvalue weighted by Crippen LogP contribution is 2.36. The first-order valence-electron chi connectivity index (χ1n) is 6.36. The molecule has 0 aliphatic heterocycles. The molecule has 0 bridgehead atoms. The van der Waals surface area contributed by atoms with E-state index >= 15 is 0 Å². The van der Waals surface area contributed by atoms with E-state index in [4.69, 9.17) is 4.89 Å². The topological polar surface area (TPSA) is 57.5 Å². The van der Waals surface area contributed by atoms with Crippen LogP contribution in [0.1, 0.15) is 65.7 Å². The van der Waals surface area contributed by atoms with Gasteiger partial charge in [0.25, 0.3) is 0 Å². The molecular weight excluding hydrogens is 223 g/mol. The maximum Gasteiger partial charge on any atom is 0.219 e. The molecule has 0 aromatic heterocycles. The Hall–Kier alpha value is 0.150. The van der Waals surface area contributed by atoms with E-state index in [9.17, 15) is 9.67 Å². The quantitative estimate of drug-likeness (QED) is 0.486. The van der Waals surface area contributed by atoms with Gasteiger partial charge < -0.3 is 10.00 Å². The van der Waals surface area contributed by atoms with Gasteiger partial charge in [-0.05, 0) is 19.3 Å². The van der Waals surface area contributed by atoms with Crippen LogP contribution >= 0.6 is 8.03 Å². The fourth-order valence-electron chi connectivity index (χ4n) is 1.77. The minimum Gasteiger partial charge on any atom is -0.380 e. The second-order valence-corrected chi connectivity index (χ2v) is 6.76. The molecule has 0 radical (unpaired) electrons. The Kier molecular flexibility index (Phi) is 8.35. The van der Waals surface area contributed by atoms with Crippen molar-refractivity contribution in [3.63, 3.8) is 0 Å². The summed E-state index contributed by atoms with van der Waals surface area (Å²) in [6, 6.07) is 0. The lowest BCUT2D eigenvalue weighted by atomic mass is 9.97. The first-order chi connectivity index (χ1) is 7.40. The normalized spacial score (nSPS) is 19.1. The lowest BCUT2D eigenvalue weighted by Gasteiger charge is -2.19. The molecule has 0 spiro atoms. The van der Waals surface area contributed by atoms with Crippen LogP contribution in [0.5, 0.6) is 0 Å². The highest BCUT2D eigenvalue weighted by molar-refractivity contribution is 7.39. The molecule has 3 unspecified atom stereocenters. The Morgan fingerprint density at radius 1 is 1.25 bits per heavy atom. The van der Waals surface area contributed by atoms with Crippen molar-refractivity contribution in [1.82, 2.24) is 0 Å². The van der Waals surface area contributed by atoms with Crippen molar-refractivity contribution in [2.24, 2.45) is 5.92 Å². The molecule has 0 aromatic carbocycles. The summed E-state index contributed by atoms with van der Waals surface area (Å²) >= 11 is 0. The molecule has 0 saturated heterocycles. The van der Waals surface area contributed by atoms with E-state index in [1.165, 1.54) is 26.2 Å². The van der Waals surface area contributed by atoms with E-state index in [2.05, 4.69) is 13.8 Å². The van der Waals surface area contributed by atoms with E-state index in [-0.39, 0.29) is 0 Å². The van der Waals surface area contributed by atoms with Crippen molar-refractivity contribution >= 4 is 8.03 Å². The summed E-state index contributed by atoms with van der Waals surface area (Å²) in [7, 11) is -2.82. The molecule has 2 N–H and O–H groups in total. The Morgan fingerprint density at radius 3 is 2.31 bits per heavy atom. The van der Waals surface area contributed by atoms with E-state index in [1.807, 2.05) is 0 Å². The van der Waals surface area contributed by atoms with Gasteiger partial charge in [0.05, 0.1) is 0 Å². The Bertz CT molecular complexity index is 204. The van der Waals surface area contributed by atoms with Gasteiger partial charge in [0.1, 0.15) is 5.34 Å². The zero-order chi connectivity index (χ0) is 12.6. The van der Waals surface area contributed by atoms with Crippen molar-refractivity contribution < 1.29 is 14.6 Å². The second-order valence-electron chi connectivity index (χ2n) is 5.07. The number of hydrogen-bond donors (Lipinski definition) is 2. The first kappa shape index (κ1) is 16.1. The predicted octanol–water partition coefficient (Wildman–Crippen LogP) is 3.55. The van der Waals surface area contributed by atoms with Gasteiger partial charge in [0, 0.05) is 0 Å². The molecule has 3 atom stereocenters. The summed E-state index contributed by atoms with van der Waals surface area (Å²) in [5.74, 6) is 0.732. The average molecular weight is 250 g/mol. The highest BCUT2D eigenvalue weighted by atomic mass is 31.1. The SMILES string of the molecule is CCCCC(C)CCCCC(C)(O)[PH](=O)O. The van der Waals surface area contributed by atoms with Crippen LogP contribution in [0.4, 0.5) is 0 Å². The number of rotatable bonds is 9. The summed E-state index contributed by atoms with van der Waals surface area (Å²) in [6.07, 6.45) is 7.25. The van der Waals surface area contributed by atoms with Crippen molar-refractivity contribution in [2.45, 2.75) is 71.1 Å². The molecular formula is C12H27O3P. The van der Waals surface area contributed by atoms with E-state index in [0.717, 1.165) is 25.2 Å². The second kappa shape index (κ2) is 8.27. The number of hydrogen-bond acceptors (Lipinski definition) is 2. The zero-order valence-electron chi connectivity index (χ0n) is 10.8. The summed E-state index contributed by atoms with van der Waals surface area (Å²) in [4.78, 5) is 8.90. The minimum atomic E-state index is -2.82. The highest BCUT2D eigenvalue weighted by Gasteiger charge is 2.25. The molecule has 3 nitrogen and oxygen atoms in total. The molecule has 0 aliphatic carbocycles. The Balaban J connectivity index is 3.56. The maximum atomic E-state index is 10.8. The van der Waals surface area contributed by atoms with Gasteiger partial charge in [-0.3, -0.25) is 4.57 Å². The van der Waals surface area contributed by atoms with Crippen molar-refractivity contribution in [1.29, 1.82) is 0 Å². The lowest BCUT2D eigenvalue weighted by molar-refractivity contribution is 0.121. The molecule has 0 aliphatic rings. The van der Waals surface area contributed by atoms with Gasteiger partial charge in [0.15, 0.2) is 0 Å². The van der Waals surface area contributed by atoms with E-state index in [0.29, 0.717) is 6.42 Å². The molecule has 0 rings (SSSR count). The van der Waals surface area contributed by atoms with E-state index < -0.39 is 13.4 Å². The molecule has 98 valence electrons. The fourth-order valence-corrected chi connectivity index (χ4v) is 2.16. The van der Waals surface area contributed by atoms with Gasteiger partial charge in [-0.2, -0.15) is 0 Å². The maximum absolute atomic E-state index is 10.8. The van der Waals surface area contributed by atoms with Gasteiger partial charge in [-0.25, -0.2) is 0 Å². The predicted molar refractivity (Wildman–Crippen MR) is 69.0 cm³/mol. The van der Waals surface area contributed by atoms with Crippen LogP contribution in [-0.4, -0.2) is 15.3 Å². The molecule has 0 heterocycles. The first-order valence-corrected chi connectivity index (χ1v) is 7.71. The molecule has 4 heteroatoms. The van der Waals surface area contributed by atoms with Crippen LogP contribution in [0, 0.1) is 5.92 Å². The van der Waals surface area contributed by atoms with Crippen LogP contribution in [0.15, 0.2) is 0 Å². The standard InChI is InChI=1S/C12H27O3P/c1-4-5-8-11(2)9-6-7-10-12(3,13)16(14)15/h11,13,16H,4-10H2,1-3H3,(H,14,15). The lowest BCUT2D eigenvalue weighted by Crippen LogP contribution is -2.18. The van der Waals surface area contributed by atoms with Crippen molar-refractivity contribution in [2.75, 3.05) is 0 Å². The molecule has 0 fully saturated rings. The third-order valence-corrected chi connectivity index (χ3v) is 4.29. The van der Waals surface area contributed by atoms with Gasteiger partial charge in [-0.1, -0.05) is 52.4 Å². The summed E-state index contributed by atoms with van der Waals surface area (Å²) in [5, 5.41) is 8.22. The Labute approximate surface area is 100 Å². The van der Waals surface area contributed by atoms with Crippen LogP contribution in [0.3, 0.4) is 0 Å². The minimum absolute atomic E-state index is 0.432.